The average molecular weight is 825 g/mol. The SMILES string of the molecule is CC(C)Cc1cc(CCC(=O)OCC(C)(C)C2OCC3(CO2)COC(C(C)(C)COC(=O)CCc2cc(CC(C)C)c(O)c(C(C)(C)C)c2)OC3)cc(C(C)(C)C)c1O. The minimum absolute atomic E-state index is 0.138. The molecule has 332 valence electrons. The van der Waals surface area contributed by atoms with Gasteiger partial charge in [0.05, 0.1) is 31.8 Å². The molecule has 2 saturated heterocycles. The van der Waals surface area contributed by atoms with Crippen molar-refractivity contribution in [2.75, 3.05) is 39.6 Å². The topological polar surface area (TPSA) is 130 Å². The first-order valence-corrected chi connectivity index (χ1v) is 21.7. The van der Waals surface area contributed by atoms with E-state index in [1.54, 1.807) is 0 Å². The van der Waals surface area contributed by atoms with Gasteiger partial charge in [0.2, 0.25) is 0 Å². The van der Waals surface area contributed by atoms with E-state index in [2.05, 4.69) is 69.2 Å². The molecule has 4 rings (SSSR count). The number of hydrogen-bond donors (Lipinski definition) is 2. The zero-order valence-corrected chi connectivity index (χ0v) is 38.8. The molecule has 2 aliphatic heterocycles. The molecule has 0 bridgehead atoms. The highest BCUT2D eigenvalue weighted by Crippen LogP contribution is 2.40. The van der Waals surface area contributed by atoms with Crippen molar-refractivity contribution in [3.05, 3.63) is 57.6 Å². The van der Waals surface area contributed by atoms with Crippen LogP contribution in [0.2, 0.25) is 0 Å². The van der Waals surface area contributed by atoms with Crippen LogP contribution < -0.4 is 0 Å². The Morgan fingerprint density at radius 1 is 0.610 bits per heavy atom. The quantitative estimate of drug-likeness (QED) is 0.158. The van der Waals surface area contributed by atoms with Crippen LogP contribution in [0.25, 0.3) is 0 Å². The van der Waals surface area contributed by atoms with Gasteiger partial charge in [0.25, 0.3) is 0 Å². The number of rotatable bonds is 16. The monoisotopic (exact) mass is 825 g/mol. The van der Waals surface area contributed by atoms with Gasteiger partial charge in [-0.15, -0.1) is 0 Å². The van der Waals surface area contributed by atoms with Crippen LogP contribution in [0.15, 0.2) is 24.3 Å². The van der Waals surface area contributed by atoms with Crippen LogP contribution in [0.4, 0.5) is 0 Å². The Hall–Kier alpha value is -3.18. The predicted molar refractivity (Wildman–Crippen MR) is 231 cm³/mol. The van der Waals surface area contributed by atoms with E-state index in [1.165, 1.54) is 0 Å². The minimum atomic E-state index is -0.599. The van der Waals surface area contributed by atoms with Gasteiger partial charge in [-0.1, -0.05) is 121 Å². The minimum Gasteiger partial charge on any atom is -0.507 e. The summed E-state index contributed by atoms with van der Waals surface area (Å²) in [5, 5.41) is 22.0. The summed E-state index contributed by atoms with van der Waals surface area (Å²) in [4.78, 5) is 25.9. The van der Waals surface area contributed by atoms with Crippen LogP contribution in [-0.4, -0.2) is 74.4 Å². The molecule has 0 radical (unpaired) electrons. The highest BCUT2D eigenvalue weighted by atomic mass is 16.7. The Morgan fingerprint density at radius 2 is 0.932 bits per heavy atom. The smallest absolute Gasteiger partial charge is 0.306 e. The first-order chi connectivity index (χ1) is 27.2. The summed E-state index contributed by atoms with van der Waals surface area (Å²) < 4.78 is 36.5. The van der Waals surface area contributed by atoms with Crippen LogP contribution in [-0.2, 0) is 74.5 Å². The molecule has 2 N–H and O–H groups in total. The summed E-state index contributed by atoms with van der Waals surface area (Å²) >= 11 is 0. The predicted octanol–water partition coefficient (Wildman–Crippen LogP) is 9.53. The first-order valence-electron chi connectivity index (χ1n) is 21.7. The largest absolute Gasteiger partial charge is 0.507 e. The lowest BCUT2D eigenvalue weighted by Gasteiger charge is -2.48. The molecule has 0 saturated carbocycles. The van der Waals surface area contributed by atoms with Crippen molar-refractivity contribution in [2.24, 2.45) is 28.1 Å². The van der Waals surface area contributed by atoms with Gasteiger partial charge in [0, 0.05) is 23.7 Å². The zero-order valence-electron chi connectivity index (χ0n) is 38.8. The number of phenolic OH excluding ortho intramolecular Hbond substituents is 2. The first kappa shape index (κ1) is 48.5. The van der Waals surface area contributed by atoms with Crippen molar-refractivity contribution in [1.29, 1.82) is 0 Å². The van der Waals surface area contributed by atoms with Gasteiger partial charge in [0.1, 0.15) is 24.7 Å². The van der Waals surface area contributed by atoms with Crippen LogP contribution in [0.1, 0.15) is 143 Å². The number of aromatic hydroxyl groups is 2. The Balaban J connectivity index is 1.22. The highest BCUT2D eigenvalue weighted by Gasteiger charge is 2.48. The third-order valence-electron chi connectivity index (χ3n) is 11.3. The van der Waals surface area contributed by atoms with Crippen LogP contribution in [0.3, 0.4) is 0 Å². The lowest BCUT2D eigenvalue weighted by atomic mass is 9.82. The zero-order chi connectivity index (χ0) is 44.1. The molecule has 0 unspecified atom stereocenters. The van der Waals surface area contributed by atoms with Crippen molar-refractivity contribution >= 4 is 11.9 Å². The molecule has 1 spiro atoms. The van der Waals surface area contributed by atoms with E-state index in [9.17, 15) is 19.8 Å². The molecule has 0 aliphatic carbocycles. The number of ether oxygens (including phenoxy) is 6. The van der Waals surface area contributed by atoms with E-state index in [0.29, 0.717) is 62.6 Å². The molecule has 2 aliphatic rings. The van der Waals surface area contributed by atoms with Crippen LogP contribution >= 0.6 is 0 Å². The molecule has 59 heavy (non-hydrogen) atoms. The number of esters is 2. The van der Waals surface area contributed by atoms with Gasteiger partial charge < -0.3 is 38.6 Å². The normalized spacial score (nSPS) is 20.7. The maximum Gasteiger partial charge on any atom is 0.306 e. The van der Waals surface area contributed by atoms with Gasteiger partial charge in [-0.2, -0.15) is 0 Å². The second-order valence-electron chi connectivity index (χ2n) is 21.7. The van der Waals surface area contributed by atoms with Crippen molar-refractivity contribution in [1.82, 2.24) is 0 Å². The Kier molecular flexibility index (Phi) is 15.8. The molecule has 2 aromatic rings. The van der Waals surface area contributed by atoms with Gasteiger partial charge in [-0.05, 0) is 81.7 Å². The number of carbonyl (C=O) groups is 2. The third-order valence-corrected chi connectivity index (χ3v) is 11.3. The molecule has 2 heterocycles. The lowest BCUT2D eigenvalue weighted by molar-refractivity contribution is -0.337. The summed E-state index contributed by atoms with van der Waals surface area (Å²) in [6, 6.07) is 8.06. The Bertz CT molecular complexity index is 1600. The number of carbonyl (C=O) groups excluding carboxylic acids is 2. The van der Waals surface area contributed by atoms with Crippen molar-refractivity contribution in [3.63, 3.8) is 0 Å². The standard InChI is InChI=1S/C49H76O10/c1-31(2)19-35-21-33(23-37(41(35)52)45(5,6)7)15-17-39(50)54-25-47(11,12)43-56-27-49(28-57-43)29-58-44(59-30-49)48(13,14)26-55-40(51)18-16-34-22-36(20-32(3)4)42(53)38(24-34)46(8,9)10/h21-24,31-32,43-44,52-53H,15-20,25-30H2,1-14H3. The van der Waals surface area contributed by atoms with Gasteiger partial charge in [-0.3, -0.25) is 9.59 Å². The van der Waals surface area contributed by atoms with Gasteiger partial charge >= 0.3 is 11.9 Å². The maximum absolute atomic E-state index is 13.0. The van der Waals surface area contributed by atoms with Crippen LogP contribution in [0.5, 0.6) is 11.5 Å². The molecular weight excluding hydrogens is 749 g/mol. The van der Waals surface area contributed by atoms with Gasteiger partial charge in [0.15, 0.2) is 12.6 Å². The lowest BCUT2D eigenvalue weighted by Crippen LogP contribution is -2.57. The fourth-order valence-electron chi connectivity index (χ4n) is 7.71. The summed E-state index contributed by atoms with van der Waals surface area (Å²) in [6.07, 6.45) is 1.86. The summed E-state index contributed by atoms with van der Waals surface area (Å²) in [6.45, 7) is 30.6. The second-order valence-corrected chi connectivity index (χ2v) is 21.7. The van der Waals surface area contributed by atoms with Gasteiger partial charge in [-0.25, -0.2) is 0 Å². The fourth-order valence-corrected chi connectivity index (χ4v) is 7.71. The van der Waals surface area contributed by atoms with Crippen LogP contribution in [0, 0.1) is 28.1 Å². The molecular formula is C49H76O10. The van der Waals surface area contributed by atoms with E-state index < -0.39 is 28.8 Å². The highest BCUT2D eigenvalue weighted by molar-refractivity contribution is 5.70. The average Bonchev–Trinajstić information content (AvgIpc) is 3.12. The summed E-state index contributed by atoms with van der Waals surface area (Å²) in [7, 11) is 0. The molecule has 0 amide bonds. The van der Waals surface area contributed by atoms with Crippen molar-refractivity contribution in [2.45, 2.75) is 159 Å². The van der Waals surface area contributed by atoms with E-state index in [0.717, 1.165) is 46.2 Å². The van der Waals surface area contributed by atoms with E-state index in [1.807, 2.05) is 52.0 Å². The number of benzene rings is 2. The second kappa shape index (κ2) is 19.3. The van der Waals surface area contributed by atoms with Crippen molar-refractivity contribution < 1.29 is 48.2 Å². The molecule has 0 atom stereocenters. The molecule has 2 aromatic carbocycles. The fraction of sp³-hybridized carbons (Fsp3) is 0.714. The summed E-state index contributed by atoms with van der Waals surface area (Å²) in [5.41, 5.74) is 3.50. The van der Waals surface area contributed by atoms with Crippen molar-refractivity contribution in [3.8, 4) is 11.5 Å². The Labute approximate surface area is 355 Å². The number of hydrogen-bond acceptors (Lipinski definition) is 10. The molecule has 10 nitrogen and oxygen atoms in total. The number of aryl methyl sites for hydroxylation is 2. The maximum atomic E-state index is 13.0. The van der Waals surface area contributed by atoms with E-state index >= 15 is 0 Å². The number of phenols is 2. The molecule has 0 aromatic heterocycles. The van der Waals surface area contributed by atoms with E-state index in [4.69, 9.17) is 28.4 Å². The molecule has 10 heteroatoms. The van der Waals surface area contributed by atoms with E-state index in [-0.39, 0.29) is 48.8 Å². The Morgan fingerprint density at radius 3 is 1.22 bits per heavy atom. The molecule has 2 fully saturated rings. The summed E-state index contributed by atoms with van der Waals surface area (Å²) in [5.74, 6) is 0.900. The third kappa shape index (κ3) is 13.4.